The summed E-state index contributed by atoms with van der Waals surface area (Å²) >= 11 is 1.54. The molecule has 27 heavy (non-hydrogen) atoms. The van der Waals surface area contributed by atoms with Gasteiger partial charge in [0.15, 0.2) is 5.13 Å². The quantitative estimate of drug-likeness (QED) is 0.817. The standard InChI is InChI=1S/C19H27N5O2S/c1-13-10-23(3)16(7-15-5-6-20-18(8-15)26-4)11-24(13)12-17-9-21-19(27-17)22-14(2)25/h5-6,8-9,13,16H,7,10-12H2,1-4H3,(H,21,22,25)/t13-,16+/m0/s1. The Morgan fingerprint density at radius 3 is 2.96 bits per heavy atom. The first kappa shape index (κ1) is 19.7. The normalized spacial score (nSPS) is 21.2. The number of anilines is 1. The van der Waals surface area contributed by atoms with Gasteiger partial charge < -0.3 is 15.0 Å². The number of likely N-dealkylation sites (N-methyl/N-ethyl adjacent to an activating group) is 1. The van der Waals surface area contributed by atoms with E-state index < -0.39 is 0 Å². The van der Waals surface area contributed by atoms with Crippen LogP contribution < -0.4 is 10.1 Å². The van der Waals surface area contributed by atoms with Crippen LogP contribution in [0.3, 0.4) is 0 Å². The molecule has 1 amide bonds. The average molecular weight is 390 g/mol. The smallest absolute Gasteiger partial charge is 0.223 e. The van der Waals surface area contributed by atoms with Crippen molar-refractivity contribution in [1.29, 1.82) is 0 Å². The Hall–Kier alpha value is -2.03. The Labute approximate surface area is 164 Å². The van der Waals surface area contributed by atoms with Crippen LogP contribution >= 0.6 is 11.3 Å². The van der Waals surface area contributed by atoms with E-state index in [9.17, 15) is 4.79 Å². The summed E-state index contributed by atoms with van der Waals surface area (Å²) in [5, 5.41) is 3.42. The molecule has 0 bridgehead atoms. The van der Waals surface area contributed by atoms with Crippen molar-refractivity contribution in [2.24, 2.45) is 0 Å². The molecule has 8 heteroatoms. The van der Waals surface area contributed by atoms with E-state index in [0.717, 1.165) is 26.1 Å². The number of methoxy groups -OCH3 is 1. The number of hydrogen-bond donors (Lipinski definition) is 1. The van der Waals surface area contributed by atoms with Gasteiger partial charge in [-0.05, 0) is 32.0 Å². The van der Waals surface area contributed by atoms with Gasteiger partial charge in [-0.3, -0.25) is 9.69 Å². The van der Waals surface area contributed by atoms with Gasteiger partial charge in [0.25, 0.3) is 0 Å². The van der Waals surface area contributed by atoms with Gasteiger partial charge in [-0.2, -0.15) is 0 Å². The maximum atomic E-state index is 11.2. The Morgan fingerprint density at radius 2 is 2.22 bits per heavy atom. The molecule has 0 spiro atoms. The summed E-state index contributed by atoms with van der Waals surface area (Å²) in [7, 11) is 3.84. The maximum Gasteiger partial charge on any atom is 0.223 e. The Balaban J connectivity index is 1.65. The van der Waals surface area contributed by atoms with Gasteiger partial charge in [0.05, 0.1) is 7.11 Å². The van der Waals surface area contributed by atoms with Gasteiger partial charge >= 0.3 is 0 Å². The van der Waals surface area contributed by atoms with E-state index in [0.29, 0.717) is 23.1 Å². The van der Waals surface area contributed by atoms with Gasteiger partial charge in [0.2, 0.25) is 11.8 Å². The molecular formula is C19H27N5O2S. The topological polar surface area (TPSA) is 70.6 Å². The van der Waals surface area contributed by atoms with Crippen LogP contribution in [0.25, 0.3) is 0 Å². The number of carbonyl (C=O) groups excluding carboxylic acids is 1. The van der Waals surface area contributed by atoms with Crippen LogP contribution in [0.5, 0.6) is 5.88 Å². The highest BCUT2D eigenvalue weighted by molar-refractivity contribution is 7.15. The maximum absolute atomic E-state index is 11.2. The Bertz CT molecular complexity index is 781. The Kier molecular flexibility index (Phi) is 6.41. The second kappa shape index (κ2) is 8.77. The fourth-order valence-electron chi connectivity index (χ4n) is 3.46. The molecule has 0 aromatic carbocycles. The van der Waals surface area contributed by atoms with Gasteiger partial charge in [-0.15, -0.1) is 11.3 Å². The van der Waals surface area contributed by atoms with Crippen LogP contribution in [0.2, 0.25) is 0 Å². The number of rotatable bonds is 6. The summed E-state index contributed by atoms with van der Waals surface area (Å²) < 4.78 is 5.25. The van der Waals surface area contributed by atoms with E-state index in [-0.39, 0.29) is 5.91 Å². The minimum atomic E-state index is -0.0864. The molecule has 7 nitrogen and oxygen atoms in total. The zero-order valence-corrected chi connectivity index (χ0v) is 17.1. The number of pyridine rings is 1. The number of ether oxygens (including phenoxy) is 1. The van der Waals surface area contributed by atoms with Gasteiger partial charge in [-0.1, -0.05) is 0 Å². The highest BCUT2D eigenvalue weighted by atomic mass is 32.1. The molecule has 2 aromatic heterocycles. The first-order valence-corrected chi connectivity index (χ1v) is 9.91. The van der Waals surface area contributed by atoms with Crippen molar-refractivity contribution < 1.29 is 9.53 Å². The number of amides is 1. The van der Waals surface area contributed by atoms with E-state index in [4.69, 9.17) is 4.74 Å². The summed E-state index contributed by atoms with van der Waals surface area (Å²) in [6.45, 7) is 6.61. The predicted molar refractivity (Wildman–Crippen MR) is 107 cm³/mol. The molecule has 0 radical (unpaired) electrons. The summed E-state index contributed by atoms with van der Waals surface area (Å²) in [5.74, 6) is 0.572. The van der Waals surface area contributed by atoms with E-state index in [1.54, 1.807) is 24.6 Å². The first-order chi connectivity index (χ1) is 12.9. The zero-order chi connectivity index (χ0) is 19.4. The van der Waals surface area contributed by atoms with E-state index in [1.807, 2.05) is 12.3 Å². The second-order valence-corrected chi connectivity index (χ2v) is 8.21. The van der Waals surface area contributed by atoms with Crippen molar-refractivity contribution in [2.45, 2.75) is 38.9 Å². The van der Waals surface area contributed by atoms with E-state index in [2.05, 4.69) is 45.1 Å². The lowest BCUT2D eigenvalue weighted by Gasteiger charge is -2.43. The van der Waals surface area contributed by atoms with Crippen LogP contribution in [-0.4, -0.2) is 65.0 Å². The van der Waals surface area contributed by atoms with Crippen LogP contribution in [0, 0.1) is 0 Å². The molecule has 0 unspecified atom stereocenters. The number of aromatic nitrogens is 2. The average Bonchev–Trinajstić information content (AvgIpc) is 3.05. The number of nitrogens with one attached hydrogen (secondary N) is 1. The molecule has 1 aliphatic rings. The minimum Gasteiger partial charge on any atom is -0.481 e. The molecule has 1 N–H and O–H groups in total. The van der Waals surface area contributed by atoms with Crippen molar-refractivity contribution in [3.8, 4) is 5.88 Å². The third-order valence-electron chi connectivity index (χ3n) is 4.92. The van der Waals surface area contributed by atoms with Crippen molar-refractivity contribution >= 4 is 22.4 Å². The Morgan fingerprint density at radius 1 is 1.41 bits per heavy atom. The summed E-state index contributed by atoms with van der Waals surface area (Å²) in [5.41, 5.74) is 1.24. The van der Waals surface area contributed by atoms with E-state index >= 15 is 0 Å². The molecule has 2 atom stereocenters. The zero-order valence-electron chi connectivity index (χ0n) is 16.3. The molecule has 1 saturated heterocycles. The van der Waals surface area contributed by atoms with Crippen molar-refractivity contribution in [3.05, 3.63) is 35.0 Å². The monoisotopic (exact) mass is 389 g/mol. The van der Waals surface area contributed by atoms with Crippen molar-refractivity contribution in [1.82, 2.24) is 19.8 Å². The lowest BCUT2D eigenvalue weighted by atomic mass is 10.0. The molecule has 2 aromatic rings. The van der Waals surface area contributed by atoms with E-state index in [1.165, 1.54) is 17.4 Å². The number of carbonyl (C=O) groups is 1. The molecular weight excluding hydrogens is 362 g/mol. The largest absolute Gasteiger partial charge is 0.481 e. The van der Waals surface area contributed by atoms with Crippen LogP contribution in [0.1, 0.15) is 24.3 Å². The van der Waals surface area contributed by atoms with Gasteiger partial charge in [0, 0.05) is 62.0 Å². The van der Waals surface area contributed by atoms with Gasteiger partial charge in [-0.25, -0.2) is 9.97 Å². The van der Waals surface area contributed by atoms with Crippen molar-refractivity contribution in [2.75, 3.05) is 32.6 Å². The minimum absolute atomic E-state index is 0.0864. The molecule has 0 saturated carbocycles. The number of nitrogens with zero attached hydrogens (tertiary/aromatic N) is 4. The van der Waals surface area contributed by atoms with Crippen LogP contribution in [0.15, 0.2) is 24.5 Å². The van der Waals surface area contributed by atoms with Crippen molar-refractivity contribution in [3.63, 3.8) is 0 Å². The molecule has 0 aliphatic carbocycles. The lowest BCUT2D eigenvalue weighted by Crippen LogP contribution is -2.56. The third-order valence-corrected chi connectivity index (χ3v) is 5.82. The molecule has 3 heterocycles. The molecule has 3 rings (SSSR count). The lowest BCUT2D eigenvalue weighted by molar-refractivity contribution is -0.114. The SMILES string of the molecule is COc1cc(C[C@@H]2CN(Cc3cnc(NC(C)=O)s3)[C@@H](C)CN2C)ccn1. The molecule has 1 fully saturated rings. The molecule has 1 aliphatic heterocycles. The number of hydrogen-bond acceptors (Lipinski definition) is 7. The summed E-state index contributed by atoms with van der Waals surface area (Å²) in [6.07, 6.45) is 4.63. The summed E-state index contributed by atoms with van der Waals surface area (Å²) in [4.78, 5) is 25.8. The number of piperazine rings is 1. The highest BCUT2D eigenvalue weighted by Gasteiger charge is 2.29. The third kappa shape index (κ3) is 5.24. The van der Waals surface area contributed by atoms with Crippen LogP contribution in [-0.2, 0) is 17.8 Å². The van der Waals surface area contributed by atoms with Gasteiger partial charge in [0.1, 0.15) is 0 Å². The summed E-state index contributed by atoms with van der Waals surface area (Å²) in [6, 6.07) is 4.96. The first-order valence-electron chi connectivity index (χ1n) is 9.10. The predicted octanol–water partition coefficient (Wildman–Crippen LogP) is 2.25. The molecule has 146 valence electrons. The fraction of sp³-hybridized carbons (Fsp3) is 0.526. The van der Waals surface area contributed by atoms with Crippen LogP contribution in [0.4, 0.5) is 5.13 Å². The second-order valence-electron chi connectivity index (χ2n) is 7.10. The highest BCUT2D eigenvalue weighted by Crippen LogP contribution is 2.24. The fourth-order valence-corrected chi connectivity index (χ4v) is 4.35. The number of thiazole rings is 1.